The molecule has 3 heteroatoms. The highest BCUT2D eigenvalue weighted by Crippen LogP contribution is 2.13. The lowest BCUT2D eigenvalue weighted by molar-refractivity contribution is 0.292. The molecule has 0 aliphatic heterocycles. The van der Waals surface area contributed by atoms with Crippen molar-refractivity contribution in [2.45, 2.75) is 40.8 Å². The highest BCUT2D eigenvalue weighted by atomic mass is 16.3. The van der Waals surface area contributed by atoms with Crippen molar-refractivity contribution in [3.05, 3.63) is 23.7 Å². The van der Waals surface area contributed by atoms with E-state index in [4.69, 9.17) is 4.42 Å². The third-order valence-corrected chi connectivity index (χ3v) is 2.96. The van der Waals surface area contributed by atoms with Crippen molar-refractivity contribution in [2.75, 3.05) is 19.6 Å². The standard InChI is InChI=1S/C14H26N2O/c1-5-16(6-2)11-13-7-8-17-14(13)10-15-9-12(3)4/h7-8,12,15H,5-6,9-11H2,1-4H3. The Hall–Kier alpha value is -0.800. The molecule has 1 rings (SSSR count). The number of hydrogen-bond donors (Lipinski definition) is 1. The van der Waals surface area contributed by atoms with Crippen LogP contribution in [0.4, 0.5) is 0 Å². The van der Waals surface area contributed by atoms with Crippen LogP contribution >= 0.6 is 0 Å². The van der Waals surface area contributed by atoms with Gasteiger partial charge in [0, 0.05) is 12.1 Å². The number of nitrogens with zero attached hydrogens (tertiary/aromatic N) is 1. The molecule has 1 aromatic rings. The lowest BCUT2D eigenvalue weighted by atomic mass is 10.2. The SMILES string of the molecule is CCN(CC)Cc1ccoc1CNCC(C)C. The molecule has 0 atom stereocenters. The van der Waals surface area contributed by atoms with Crippen LogP contribution in [0.1, 0.15) is 39.0 Å². The molecule has 0 unspecified atom stereocenters. The molecule has 17 heavy (non-hydrogen) atoms. The quantitative estimate of drug-likeness (QED) is 0.755. The van der Waals surface area contributed by atoms with E-state index in [0.717, 1.165) is 38.5 Å². The molecule has 0 aromatic carbocycles. The van der Waals surface area contributed by atoms with E-state index in [1.54, 1.807) is 6.26 Å². The fourth-order valence-corrected chi connectivity index (χ4v) is 1.83. The Morgan fingerprint density at radius 2 is 2.00 bits per heavy atom. The Kier molecular flexibility index (Phi) is 6.30. The average molecular weight is 238 g/mol. The molecule has 0 aliphatic carbocycles. The first kappa shape index (κ1) is 14.3. The van der Waals surface area contributed by atoms with Crippen LogP contribution in [0.2, 0.25) is 0 Å². The van der Waals surface area contributed by atoms with Gasteiger partial charge in [-0.2, -0.15) is 0 Å². The molecule has 3 nitrogen and oxygen atoms in total. The zero-order valence-electron chi connectivity index (χ0n) is 11.6. The first-order valence-corrected chi connectivity index (χ1v) is 6.65. The minimum atomic E-state index is 0.677. The molecule has 0 bridgehead atoms. The van der Waals surface area contributed by atoms with Gasteiger partial charge >= 0.3 is 0 Å². The van der Waals surface area contributed by atoms with Gasteiger partial charge in [0.2, 0.25) is 0 Å². The van der Waals surface area contributed by atoms with Crippen LogP contribution < -0.4 is 5.32 Å². The molecule has 1 N–H and O–H groups in total. The van der Waals surface area contributed by atoms with E-state index >= 15 is 0 Å². The molecule has 1 aromatic heterocycles. The van der Waals surface area contributed by atoms with Gasteiger partial charge in [-0.1, -0.05) is 27.7 Å². The van der Waals surface area contributed by atoms with Gasteiger partial charge in [-0.05, 0) is 31.6 Å². The monoisotopic (exact) mass is 238 g/mol. The molecular weight excluding hydrogens is 212 g/mol. The number of hydrogen-bond acceptors (Lipinski definition) is 3. The summed E-state index contributed by atoms with van der Waals surface area (Å²) in [5, 5.41) is 3.42. The molecule has 0 saturated heterocycles. The minimum absolute atomic E-state index is 0.677. The molecule has 0 aliphatic rings. The maximum atomic E-state index is 5.55. The van der Waals surface area contributed by atoms with Crippen molar-refractivity contribution in [3.63, 3.8) is 0 Å². The molecule has 0 fully saturated rings. The first-order chi connectivity index (χ1) is 8.17. The second-order valence-corrected chi connectivity index (χ2v) is 4.86. The van der Waals surface area contributed by atoms with E-state index in [9.17, 15) is 0 Å². The van der Waals surface area contributed by atoms with Gasteiger partial charge in [-0.15, -0.1) is 0 Å². The van der Waals surface area contributed by atoms with Crippen LogP contribution in [0.25, 0.3) is 0 Å². The first-order valence-electron chi connectivity index (χ1n) is 6.65. The Morgan fingerprint density at radius 3 is 2.59 bits per heavy atom. The van der Waals surface area contributed by atoms with E-state index in [0.29, 0.717) is 5.92 Å². The fourth-order valence-electron chi connectivity index (χ4n) is 1.83. The second-order valence-electron chi connectivity index (χ2n) is 4.86. The van der Waals surface area contributed by atoms with Gasteiger partial charge in [0.05, 0.1) is 12.8 Å². The largest absolute Gasteiger partial charge is 0.468 e. The summed E-state index contributed by atoms with van der Waals surface area (Å²) in [6, 6.07) is 2.09. The van der Waals surface area contributed by atoms with E-state index in [2.05, 4.69) is 44.0 Å². The van der Waals surface area contributed by atoms with Crippen molar-refractivity contribution in [1.82, 2.24) is 10.2 Å². The van der Waals surface area contributed by atoms with Gasteiger partial charge in [0.25, 0.3) is 0 Å². The van der Waals surface area contributed by atoms with Crippen LogP contribution in [0.3, 0.4) is 0 Å². The predicted molar refractivity (Wildman–Crippen MR) is 71.9 cm³/mol. The maximum Gasteiger partial charge on any atom is 0.122 e. The lowest BCUT2D eigenvalue weighted by Crippen LogP contribution is -2.24. The summed E-state index contributed by atoms with van der Waals surface area (Å²) < 4.78 is 5.55. The molecule has 0 amide bonds. The normalized spacial score (nSPS) is 11.6. The molecule has 1 heterocycles. The topological polar surface area (TPSA) is 28.4 Å². The van der Waals surface area contributed by atoms with Gasteiger partial charge in [-0.25, -0.2) is 0 Å². The van der Waals surface area contributed by atoms with E-state index < -0.39 is 0 Å². The summed E-state index contributed by atoms with van der Waals surface area (Å²) in [6.45, 7) is 13.8. The zero-order chi connectivity index (χ0) is 12.7. The number of nitrogens with one attached hydrogen (secondary N) is 1. The highest BCUT2D eigenvalue weighted by Gasteiger charge is 2.09. The number of rotatable bonds is 8. The van der Waals surface area contributed by atoms with E-state index in [-0.39, 0.29) is 0 Å². The zero-order valence-corrected chi connectivity index (χ0v) is 11.6. The average Bonchev–Trinajstić information content (AvgIpc) is 2.73. The molecular formula is C14H26N2O. The molecule has 98 valence electrons. The summed E-state index contributed by atoms with van der Waals surface area (Å²) in [5.41, 5.74) is 1.31. The Balaban J connectivity index is 2.47. The van der Waals surface area contributed by atoms with E-state index in [1.165, 1.54) is 5.56 Å². The van der Waals surface area contributed by atoms with Crippen molar-refractivity contribution in [1.29, 1.82) is 0 Å². The predicted octanol–water partition coefficient (Wildman–Crippen LogP) is 2.87. The summed E-state index contributed by atoms with van der Waals surface area (Å²) in [5.74, 6) is 1.76. The van der Waals surface area contributed by atoms with Crippen molar-refractivity contribution in [3.8, 4) is 0 Å². The van der Waals surface area contributed by atoms with Gasteiger partial charge in [0.1, 0.15) is 5.76 Å². The molecule has 0 spiro atoms. The lowest BCUT2D eigenvalue weighted by Gasteiger charge is -2.17. The second kappa shape index (κ2) is 7.51. The van der Waals surface area contributed by atoms with Gasteiger partial charge < -0.3 is 9.73 Å². The van der Waals surface area contributed by atoms with E-state index in [1.807, 2.05) is 0 Å². The van der Waals surface area contributed by atoms with Crippen molar-refractivity contribution < 1.29 is 4.42 Å². The maximum absolute atomic E-state index is 5.55. The van der Waals surface area contributed by atoms with Crippen LogP contribution in [0.5, 0.6) is 0 Å². The van der Waals surface area contributed by atoms with Crippen LogP contribution in [-0.2, 0) is 13.1 Å². The molecule has 0 radical (unpaired) electrons. The summed E-state index contributed by atoms with van der Waals surface area (Å²) in [7, 11) is 0. The smallest absolute Gasteiger partial charge is 0.122 e. The third kappa shape index (κ3) is 4.92. The van der Waals surface area contributed by atoms with Crippen LogP contribution in [0, 0.1) is 5.92 Å². The highest BCUT2D eigenvalue weighted by molar-refractivity contribution is 5.16. The summed E-state index contributed by atoms with van der Waals surface area (Å²) in [4.78, 5) is 2.40. The molecule has 0 saturated carbocycles. The fraction of sp³-hybridized carbons (Fsp3) is 0.714. The minimum Gasteiger partial charge on any atom is -0.468 e. The summed E-state index contributed by atoms with van der Waals surface area (Å²) in [6.07, 6.45) is 1.80. The third-order valence-electron chi connectivity index (χ3n) is 2.96. The van der Waals surface area contributed by atoms with Gasteiger partial charge in [0.15, 0.2) is 0 Å². The Labute approximate surface area is 105 Å². The van der Waals surface area contributed by atoms with Crippen molar-refractivity contribution in [2.24, 2.45) is 5.92 Å². The number of furan rings is 1. The Bertz CT molecular complexity index is 303. The van der Waals surface area contributed by atoms with Crippen LogP contribution in [-0.4, -0.2) is 24.5 Å². The Morgan fingerprint density at radius 1 is 1.29 bits per heavy atom. The van der Waals surface area contributed by atoms with Crippen molar-refractivity contribution >= 4 is 0 Å². The van der Waals surface area contributed by atoms with Gasteiger partial charge in [-0.3, -0.25) is 4.90 Å². The summed E-state index contributed by atoms with van der Waals surface area (Å²) >= 11 is 0. The van der Waals surface area contributed by atoms with Crippen LogP contribution in [0.15, 0.2) is 16.7 Å².